The van der Waals surface area contributed by atoms with Crippen molar-refractivity contribution >= 4 is 35.4 Å². The number of rotatable bonds is 6. The zero-order valence-electron chi connectivity index (χ0n) is 13.4. The molecule has 3 rings (SSSR count). The number of amides is 2. The van der Waals surface area contributed by atoms with Crippen LogP contribution in [0, 0.1) is 5.92 Å². The van der Waals surface area contributed by atoms with Crippen molar-refractivity contribution in [2.24, 2.45) is 10.9 Å². The SMILES string of the molecule is O=C1NC(=S)N(C2CC2)C(=O)C1C=NCCC[NH+]1CCCCC1. The van der Waals surface area contributed by atoms with Crippen LogP contribution in [-0.2, 0) is 9.59 Å². The topological polar surface area (TPSA) is 66.2 Å². The van der Waals surface area contributed by atoms with Crippen LogP contribution in [0.1, 0.15) is 38.5 Å². The summed E-state index contributed by atoms with van der Waals surface area (Å²) in [6, 6.07) is 0.175. The number of carbonyl (C=O) groups excluding carboxylic acids is 2. The Hall–Kier alpha value is -1.34. The molecule has 7 heteroatoms. The average Bonchev–Trinajstić information content (AvgIpc) is 3.35. The van der Waals surface area contributed by atoms with E-state index >= 15 is 0 Å². The van der Waals surface area contributed by atoms with Crippen LogP contribution >= 0.6 is 12.2 Å². The molecule has 2 saturated heterocycles. The van der Waals surface area contributed by atoms with Crippen molar-refractivity contribution in [3.05, 3.63) is 0 Å². The van der Waals surface area contributed by atoms with Gasteiger partial charge < -0.3 is 10.2 Å². The number of aliphatic imine (C=N–C) groups is 1. The van der Waals surface area contributed by atoms with Gasteiger partial charge in [0, 0.05) is 25.2 Å². The summed E-state index contributed by atoms with van der Waals surface area (Å²) in [5.74, 6) is -1.38. The highest BCUT2D eigenvalue weighted by atomic mass is 32.1. The summed E-state index contributed by atoms with van der Waals surface area (Å²) >= 11 is 5.10. The Bertz CT molecular complexity index is 512. The first-order valence-electron chi connectivity index (χ1n) is 8.68. The molecule has 2 heterocycles. The van der Waals surface area contributed by atoms with Crippen LogP contribution in [0.2, 0.25) is 0 Å². The normalized spacial score (nSPS) is 26.9. The van der Waals surface area contributed by atoms with Crippen molar-refractivity contribution in [1.29, 1.82) is 0 Å². The maximum Gasteiger partial charge on any atom is 0.247 e. The highest BCUT2D eigenvalue weighted by Gasteiger charge is 2.44. The summed E-state index contributed by atoms with van der Waals surface area (Å²) in [5.41, 5.74) is 0. The quantitative estimate of drug-likeness (QED) is 0.298. The summed E-state index contributed by atoms with van der Waals surface area (Å²) in [7, 11) is 0. The highest BCUT2D eigenvalue weighted by Crippen LogP contribution is 2.29. The number of thiocarbonyl (C=S) groups is 1. The molecule has 126 valence electrons. The molecular weight excluding hydrogens is 312 g/mol. The minimum atomic E-state index is -0.815. The van der Waals surface area contributed by atoms with Crippen LogP contribution in [0.15, 0.2) is 4.99 Å². The Labute approximate surface area is 142 Å². The van der Waals surface area contributed by atoms with Crippen LogP contribution in [0.5, 0.6) is 0 Å². The zero-order chi connectivity index (χ0) is 16.2. The fourth-order valence-electron chi connectivity index (χ4n) is 3.32. The van der Waals surface area contributed by atoms with E-state index in [1.54, 1.807) is 9.80 Å². The Morgan fingerprint density at radius 3 is 2.70 bits per heavy atom. The van der Waals surface area contributed by atoms with E-state index in [9.17, 15) is 9.59 Å². The van der Waals surface area contributed by atoms with Crippen LogP contribution < -0.4 is 10.2 Å². The van der Waals surface area contributed by atoms with Crippen molar-refractivity contribution in [3.8, 4) is 0 Å². The van der Waals surface area contributed by atoms with E-state index in [0.29, 0.717) is 6.54 Å². The van der Waals surface area contributed by atoms with Gasteiger partial charge in [-0.05, 0) is 44.3 Å². The second kappa shape index (κ2) is 7.49. The van der Waals surface area contributed by atoms with Crippen LogP contribution in [0.4, 0.5) is 0 Å². The lowest BCUT2D eigenvalue weighted by Crippen LogP contribution is -3.12. The minimum Gasteiger partial charge on any atom is -0.335 e. The molecule has 1 saturated carbocycles. The predicted molar refractivity (Wildman–Crippen MR) is 91.5 cm³/mol. The molecule has 1 aliphatic carbocycles. The second-order valence-corrected chi connectivity index (χ2v) is 7.07. The standard InChI is InChI=1S/C16H24N4O2S/c21-14-13(15(22)20(12-5-6-12)16(23)18-14)11-17-7-4-10-19-8-2-1-3-9-19/h11-13H,1-10H2,(H,18,21,23)/p+1. The van der Waals surface area contributed by atoms with E-state index in [2.05, 4.69) is 10.3 Å². The zero-order valence-corrected chi connectivity index (χ0v) is 14.2. The molecule has 0 bridgehead atoms. The first-order valence-corrected chi connectivity index (χ1v) is 9.09. The summed E-state index contributed by atoms with van der Waals surface area (Å²) in [6.07, 6.45) is 8.45. The highest BCUT2D eigenvalue weighted by molar-refractivity contribution is 7.80. The third-order valence-electron chi connectivity index (χ3n) is 4.78. The molecule has 1 atom stereocenters. The predicted octanol–water partition coefficient (Wildman–Crippen LogP) is -0.462. The fraction of sp³-hybridized carbons (Fsp3) is 0.750. The van der Waals surface area contributed by atoms with E-state index in [4.69, 9.17) is 12.2 Å². The molecule has 0 aromatic heterocycles. The van der Waals surface area contributed by atoms with E-state index in [0.717, 1.165) is 25.8 Å². The minimum absolute atomic E-state index is 0.175. The lowest BCUT2D eigenvalue weighted by Gasteiger charge is -2.30. The summed E-state index contributed by atoms with van der Waals surface area (Å²) in [6.45, 7) is 4.33. The Kier molecular flexibility index (Phi) is 5.38. The summed E-state index contributed by atoms with van der Waals surface area (Å²) in [5, 5.41) is 2.88. The smallest absolute Gasteiger partial charge is 0.247 e. The Morgan fingerprint density at radius 2 is 2.00 bits per heavy atom. The molecule has 2 aliphatic heterocycles. The van der Waals surface area contributed by atoms with Gasteiger partial charge in [0.2, 0.25) is 11.8 Å². The number of nitrogens with zero attached hydrogens (tertiary/aromatic N) is 2. The van der Waals surface area contributed by atoms with Crippen molar-refractivity contribution in [2.75, 3.05) is 26.2 Å². The molecule has 1 unspecified atom stereocenters. The van der Waals surface area contributed by atoms with Gasteiger partial charge in [-0.15, -0.1) is 0 Å². The van der Waals surface area contributed by atoms with Gasteiger partial charge in [-0.3, -0.25) is 19.5 Å². The van der Waals surface area contributed by atoms with E-state index in [1.165, 1.54) is 38.6 Å². The first-order chi connectivity index (χ1) is 11.2. The van der Waals surface area contributed by atoms with Gasteiger partial charge in [0.1, 0.15) is 0 Å². The lowest BCUT2D eigenvalue weighted by atomic mass is 10.1. The van der Waals surface area contributed by atoms with Gasteiger partial charge in [-0.2, -0.15) is 0 Å². The van der Waals surface area contributed by atoms with E-state index in [1.807, 2.05) is 0 Å². The molecular formula is C16H25N4O2S+. The third-order valence-corrected chi connectivity index (χ3v) is 5.08. The molecule has 0 aromatic carbocycles. The largest absolute Gasteiger partial charge is 0.335 e. The molecule has 0 radical (unpaired) electrons. The van der Waals surface area contributed by atoms with Gasteiger partial charge in [0.15, 0.2) is 11.0 Å². The molecule has 3 aliphatic rings. The number of carbonyl (C=O) groups is 2. The molecule has 23 heavy (non-hydrogen) atoms. The Balaban J connectivity index is 1.46. The molecule has 6 nitrogen and oxygen atoms in total. The first kappa shape index (κ1) is 16.5. The summed E-state index contributed by atoms with van der Waals surface area (Å²) < 4.78 is 0. The monoisotopic (exact) mass is 337 g/mol. The summed E-state index contributed by atoms with van der Waals surface area (Å²) in [4.78, 5) is 31.9. The van der Waals surface area contributed by atoms with Gasteiger partial charge in [-0.25, -0.2) is 0 Å². The average molecular weight is 337 g/mol. The maximum atomic E-state index is 12.4. The fourth-order valence-corrected chi connectivity index (χ4v) is 3.66. The number of piperidine rings is 1. The van der Waals surface area contributed by atoms with E-state index < -0.39 is 5.92 Å². The number of nitrogens with one attached hydrogen (secondary N) is 2. The van der Waals surface area contributed by atoms with Crippen LogP contribution in [0.3, 0.4) is 0 Å². The molecule has 0 spiro atoms. The van der Waals surface area contributed by atoms with Crippen molar-refractivity contribution < 1.29 is 14.5 Å². The maximum absolute atomic E-state index is 12.4. The third kappa shape index (κ3) is 4.14. The van der Waals surface area contributed by atoms with E-state index in [-0.39, 0.29) is 23.0 Å². The van der Waals surface area contributed by atoms with Gasteiger partial charge in [-0.1, -0.05) is 0 Å². The van der Waals surface area contributed by atoms with Gasteiger partial charge >= 0.3 is 0 Å². The number of hydrogen-bond acceptors (Lipinski definition) is 4. The molecule has 2 N–H and O–H groups in total. The number of hydrogen-bond donors (Lipinski definition) is 2. The second-order valence-electron chi connectivity index (χ2n) is 6.68. The number of likely N-dealkylation sites (tertiary alicyclic amines) is 1. The molecule has 0 aromatic rings. The van der Waals surface area contributed by atoms with Gasteiger partial charge in [0.25, 0.3) is 0 Å². The van der Waals surface area contributed by atoms with Crippen LogP contribution in [0.25, 0.3) is 0 Å². The van der Waals surface area contributed by atoms with Crippen molar-refractivity contribution in [2.45, 2.75) is 44.6 Å². The number of quaternary nitrogens is 1. The lowest BCUT2D eigenvalue weighted by molar-refractivity contribution is -0.904. The molecule has 3 fully saturated rings. The van der Waals surface area contributed by atoms with Gasteiger partial charge in [0.05, 0.1) is 19.6 Å². The van der Waals surface area contributed by atoms with Crippen molar-refractivity contribution in [1.82, 2.24) is 10.2 Å². The Morgan fingerprint density at radius 1 is 1.26 bits per heavy atom. The van der Waals surface area contributed by atoms with Crippen LogP contribution in [-0.4, -0.2) is 60.3 Å². The van der Waals surface area contributed by atoms with Crippen molar-refractivity contribution in [3.63, 3.8) is 0 Å². The molecule has 2 amide bonds.